The van der Waals surface area contributed by atoms with E-state index in [1.54, 1.807) is 7.11 Å². The Bertz CT molecular complexity index is 917. The molecule has 1 aliphatic heterocycles. The van der Waals surface area contributed by atoms with Gasteiger partial charge in [-0.25, -0.2) is 0 Å². The van der Waals surface area contributed by atoms with Crippen molar-refractivity contribution in [1.82, 2.24) is 5.43 Å². The number of hydrazone groups is 1. The fraction of sp³-hybridized carbons (Fsp3) is 0.150. The Morgan fingerprint density at radius 1 is 1.04 bits per heavy atom. The number of rotatable bonds is 3. The van der Waals surface area contributed by atoms with Crippen molar-refractivity contribution >= 4 is 16.5 Å². The molecule has 1 aliphatic rings. The van der Waals surface area contributed by atoms with Crippen molar-refractivity contribution in [2.45, 2.75) is 12.5 Å². The maximum Gasteiger partial charge on any atom is 0.132 e. The van der Waals surface area contributed by atoms with Gasteiger partial charge in [0.2, 0.25) is 0 Å². The molecule has 0 bridgehead atoms. The highest BCUT2D eigenvalue weighted by Crippen LogP contribution is 2.33. The van der Waals surface area contributed by atoms with Crippen LogP contribution in [0.4, 0.5) is 0 Å². The number of phenols is 1. The number of nitrogens with one attached hydrogen (secondary N) is 1. The average Bonchev–Trinajstić information content (AvgIpc) is 3.12. The summed E-state index contributed by atoms with van der Waals surface area (Å²) in [6, 6.07) is 19.9. The van der Waals surface area contributed by atoms with Crippen LogP contribution in [0.3, 0.4) is 0 Å². The maximum atomic E-state index is 10.6. The molecule has 4 nitrogen and oxygen atoms in total. The SMILES string of the molecule is COc1ccc([C@H]2CC(c3ccc4ccccc4c3O)=NN2)cc1. The van der Waals surface area contributed by atoms with Crippen LogP contribution in [0.1, 0.15) is 23.6 Å². The van der Waals surface area contributed by atoms with Crippen molar-refractivity contribution in [3.05, 3.63) is 71.8 Å². The van der Waals surface area contributed by atoms with E-state index in [1.807, 2.05) is 60.7 Å². The van der Waals surface area contributed by atoms with Crippen LogP contribution in [-0.4, -0.2) is 17.9 Å². The number of nitrogens with zero attached hydrogens (tertiary/aromatic N) is 1. The first-order chi connectivity index (χ1) is 11.8. The molecule has 3 aromatic carbocycles. The average molecular weight is 318 g/mol. The van der Waals surface area contributed by atoms with Gasteiger partial charge in [-0.15, -0.1) is 0 Å². The van der Waals surface area contributed by atoms with E-state index in [9.17, 15) is 5.11 Å². The van der Waals surface area contributed by atoms with Gasteiger partial charge in [-0.3, -0.25) is 0 Å². The van der Waals surface area contributed by atoms with Crippen LogP contribution in [-0.2, 0) is 0 Å². The zero-order chi connectivity index (χ0) is 16.5. The Labute approximate surface area is 140 Å². The lowest BCUT2D eigenvalue weighted by atomic mass is 9.96. The van der Waals surface area contributed by atoms with E-state index in [2.05, 4.69) is 10.5 Å². The summed E-state index contributed by atoms with van der Waals surface area (Å²) in [6.45, 7) is 0. The second kappa shape index (κ2) is 5.89. The van der Waals surface area contributed by atoms with Gasteiger partial charge < -0.3 is 15.3 Å². The topological polar surface area (TPSA) is 53.9 Å². The first-order valence-corrected chi connectivity index (χ1v) is 7.93. The third-order valence-corrected chi connectivity index (χ3v) is 4.48. The molecule has 1 atom stereocenters. The molecule has 0 radical (unpaired) electrons. The van der Waals surface area contributed by atoms with Gasteiger partial charge in [0, 0.05) is 17.4 Å². The van der Waals surface area contributed by atoms with Crippen molar-refractivity contribution in [3.63, 3.8) is 0 Å². The standard InChI is InChI=1S/C20H18N2O2/c1-24-15-9-6-14(7-10-15)18-12-19(22-21-18)17-11-8-13-4-2-3-5-16(13)20(17)23/h2-11,18,21,23H,12H2,1H3/t18-/m1/s1. The predicted octanol–water partition coefficient (Wildman–Crippen LogP) is 3.99. The van der Waals surface area contributed by atoms with Crippen molar-refractivity contribution in [1.29, 1.82) is 0 Å². The Balaban J connectivity index is 1.61. The summed E-state index contributed by atoms with van der Waals surface area (Å²) >= 11 is 0. The van der Waals surface area contributed by atoms with Gasteiger partial charge in [-0.1, -0.05) is 42.5 Å². The highest BCUT2D eigenvalue weighted by molar-refractivity contribution is 6.08. The number of phenolic OH excluding ortho intramolecular Hbond substituents is 1. The Morgan fingerprint density at radius 3 is 2.62 bits per heavy atom. The quantitative estimate of drug-likeness (QED) is 0.767. The molecule has 3 aromatic rings. The molecule has 1 heterocycles. The van der Waals surface area contributed by atoms with Crippen LogP contribution in [0.5, 0.6) is 11.5 Å². The number of hydrogen-bond acceptors (Lipinski definition) is 4. The van der Waals surface area contributed by atoms with Gasteiger partial charge in [0.25, 0.3) is 0 Å². The zero-order valence-corrected chi connectivity index (χ0v) is 13.4. The molecule has 4 rings (SSSR count). The molecular formula is C20H18N2O2. The van der Waals surface area contributed by atoms with Crippen LogP contribution in [0.2, 0.25) is 0 Å². The smallest absolute Gasteiger partial charge is 0.132 e. The molecule has 24 heavy (non-hydrogen) atoms. The fourth-order valence-electron chi connectivity index (χ4n) is 3.13. The molecule has 120 valence electrons. The first kappa shape index (κ1) is 14.6. The van der Waals surface area contributed by atoms with E-state index in [1.165, 1.54) is 0 Å². The van der Waals surface area contributed by atoms with Gasteiger partial charge >= 0.3 is 0 Å². The lowest BCUT2D eigenvalue weighted by molar-refractivity contribution is 0.414. The van der Waals surface area contributed by atoms with Crippen molar-refractivity contribution in [2.75, 3.05) is 7.11 Å². The van der Waals surface area contributed by atoms with Crippen LogP contribution < -0.4 is 10.2 Å². The number of ether oxygens (including phenoxy) is 1. The number of fused-ring (bicyclic) bond motifs is 1. The zero-order valence-electron chi connectivity index (χ0n) is 13.4. The second-order valence-corrected chi connectivity index (χ2v) is 5.90. The number of methoxy groups -OCH3 is 1. The lowest BCUT2D eigenvalue weighted by Gasteiger charge is -2.11. The molecule has 0 unspecified atom stereocenters. The largest absolute Gasteiger partial charge is 0.507 e. The van der Waals surface area contributed by atoms with E-state index >= 15 is 0 Å². The minimum atomic E-state index is 0.108. The van der Waals surface area contributed by atoms with Crippen molar-refractivity contribution in [3.8, 4) is 11.5 Å². The van der Waals surface area contributed by atoms with E-state index in [0.29, 0.717) is 5.75 Å². The monoisotopic (exact) mass is 318 g/mol. The number of aromatic hydroxyl groups is 1. The Morgan fingerprint density at radius 2 is 1.83 bits per heavy atom. The normalized spacial score (nSPS) is 16.7. The highest BCUT2D eigenvalue weighted by Gasteiger charge is 2.23. The van der Waals surface area contributed by atoms with Gasteiger partial charge in [0.15, 0.2) is 0 Å². The fourth-order valence-corrected chi connectivity index (χ4v) is 3.13. The van der Waals surface area contributed by atoms with Crippen LogP contribution >= 0.6 is 0 Å². The molecule has 0 aromatic heterocycles. The molecule has 0 fully saturated rings. The first-order valence-electron chi connectivity index (χ1n) is 7.93. The summed E-state index contributed by atoms with van der Waals surface area (Å²) in [5.41, 5.74) is 5.98. The molecule has 4 heteroatoms. The molecule has 0 spiro atoms. The van der Waals surface area contributed by atoms with E-state index in [-0.39, 0.29) is 6.04 Å². The second-order valence-electron chi connectivity index (χ2n) is 5.90. The third-order valence-electron chi connectivity index (χ3n) is 4.48. The predicted molar refractivity (Wildman–Crippen MR) is 95.6 cm³/mol. The van der Waals surface area contributed by atoms with Gasteiger partial charge in [0.05, 0.1) is 18.9 Å². The minimum absolute atomic E-state index is 0.108. The molecule has 0 aliphatic carbocycles. The maximum absolute atomic E-state index is 10.6. The summed E-state index contributed by atoms with van der Waals surface area (Å²) < 4.78 is 5.20. The van der Waals surface area contributed by atoms with E-state index in [0.717, 1.165) is 39.8 Å². The molecule has 0 saturated heterocycles. The van der Waals surface area contributed by atoms with Crippen molar-refractivity contribution < 1.29 is 9.84 Å². The van der Waals surface area contributed by atoms with E-state index < -0.39 is 0 Å². The van der Waals surface area contributed by atoms with Gasteiger partial charge in [0.1, 0.15) is 11.5 Å². The van der Waals surface area contributed by atoms with Gasteiger partial charge in [-0.2, -0.15) is 5.10 Å². The van der Waals surface area contributed by atoms with Gasteiger partial charge in [-0.05, 0) is 29.1 Å². The summed E-state index contributed by atoms with van der Waals surface area (Å²) in [6.07, 6.45) is 0.734. The summed E-state index contributed by atoms with van der Waals surface area (Å²) in [4.78, 5) is 0. The van der Waals surface area contributed by atoms with E-state index in [4.69, 9.17) is 4.74 Å². The van der Waals surface area contributed by atoms with Crippen molar-refractivity contribution in [2.24, 2.45) is 5.10 Å². The molecule has 0 saturated carbocycles. The summed E-state index contributed by atoms with van der Waals surface area (Å²) in [5, 5.41) is 16.9. The lowest BCUT2D eigenvalue weighted by Crippen LogP contribution is -2.09. The summed E-state index contributed by atoms with van der Waals surface area (Å²) in [5.74, 6) is 1.13. The molecular weight excluding hydrogens is 300 g/mol. The van der Waals surface area contributed by atoms with Crippen LogP contribution in [0.25, 0.3) is 10.8 Å². The Hall–Kier alpha value is -3.01. The summed E-state index contributed by atoms with van der Waals surface area (Å²) in [7, 11) is 1.66. The Kier molecular flexibility index (Phi) is 3.58. The van der Waals surface area contributed by atoms with Crippen LogP contribution in [0.15, 0.2) is 65.8 Å². The molecule has 0 amide bonds. The number of benzene rings is 3. The minimum Gasteiger partial charge on any atom is -0.507 e. The highest BCUT2D eigenvalue weighted by atomic mass is 16.5. The van der Waals surface area contributed by atoms with Crippen LogP contribution in [0, 0.1) is 0 Å². The number of hydrogen-bond donors (Lipinski definition) is 2. The molecule has 2 N–H and O–H groups in total. The third kappa shape index (κ3) is 2.46.